The lowest BCUT2D eigenvalue weighted by Gasteiger charge is -2.37. The van der Waals surface area contributed by atoms with E-state index in [1.807, 2.05) is 0 Å². The number of halogens is 2. The van der Waals surface area contributed by atoms with Crippen molar-refractivity contribution in [1.82, 2.24) is 15.2 Å². The van der Waals surface area contributed by atoms with Crippen molar-refractivity contribution in [3.8, 4) is 0 Å². The number of carbonyl (C=O) groups is 1. The largest absolute Gasteiger partial charge is 0.329 e. The number of aromatic amines is 1. The Bertz CT molecular complexity index is 1080. The number of nitrogens with zero attached hydrogens (tertiary/aromatic N) is 1. The maximum absolute atomic E-state index is 13.6. The molecule has 1 unspecified atom stereocenters. The number of nitrogens with one attached hydrogen (secondary N) is 2. The molecule has 0 saturated carbocycles. The monoisotopic (exact) mass is 415 g/mol. The van der Waals surface area contributed by atoms with Crippen LogP contribution in [0.25, 0.3) is 10.9 Å². The van der Waals surface area contributed by atoms with Crippen LogP contribution in [-0.2, 0) is 6.42 Å². The van der Waals surface area contributed by atoms with Crippen LogP contribution in [0, 0.1) is 5.82 Å². The first-order chi connectivity index (χ1) is 13.6. The fraction of sp³-hybridized carbons (Fsp3) is 0.273. The van der Waals surface area contributed by atoms with Gasteiger partial charge in [-0.15, -0.1) is 12.4 Å². The third-order valence-electron chi connectivity index (χ3n) is 5.31. The van der Waals surface area contributed by atoms with Crippen molar-refractivity contribution in [2.24, 2.45) is 0 Å². The van der Waals surface area contributed by atoms with Crippen LogP contribution in [0.3, 0.4) is 0 Å². The van der Waals surface area contributed by atoms with Crippen LogP contribution in [0.1, 0.15) is 34.5 Å². The van der Waals surface area contributed by atoms with E-state index in [1.165, 1.54) is 23.8 Å². The molecule has 29 heavy (non-hydrogen) atoms. The standard InChI is InChI=1S/C22H22FN3O2.ClH/c1-2-14-3-5-15(6-4-14)20-13-24-9-10-26(20)22(28)18-12-21(27)25-19-11-16(23)7-8-17(18)19;/h3-8,11-12,20,24H,2,9-10,13H2,1H3,(H,25,27);1H. The lowest BCUT2D eigenvalue weighted by Crippen LogP contribution is -2.48. The summed E-state index contributed by atoms with van der Waals surface area (Å²) in [5.41, 5.74) is 2.51. The van der Waals surface area contributed by atoms with Crippen LogP contribution in [0.4, 0.5) is 4.39 Å². The number of amides is 1. The summed E-state index contributed by atoms with van der Waals surface area (Å²) < 4.78 is 13.6. The van der Waals surface area contributed by atoms with E-state index in [4.69, 9.17) is 0 Å². The SMILES string of the molecule is CCc1ccc(C2CNCCN2C(=O)c2cc(=O)[nH]c3cc(F)ccc23)cc1.Cl. The lowest BCUT2D eigenvalue weighted by atomic mass is 9.99. The molecular weight excluding hydrogens is 393 g/mol. The van der Waals surface area contributed by atoms with Crippen LogP contribution in [-0.4, -0.2) is 35.4 Å². The van der Waals surface area contributed by atoms with Crippen molar-refractivity contribution in [1.29, 1.82) is 0 Å². The first-order valence-corrected chi connectivity index (χ1v) is 9.50. The van der Waals surface area contributed by atoms with E-state index in [1.54, 1.807) is 11.0 Å². The van der Waals surface area contributed by atoms with E-state index in [-0.39, 0.29) is 24.4 Å². The van der Waals surface area contributed by atoms with Gasteiger partial charge in [-0.25, -0.2) is 4.39 Å². The Labute approximate surface area is 174 Å². The number of fused-ring (bicyclic) bond motifs is 1. The van der Waals surface area contributed by atoms with Gasteiger partial charge in [-0.1, -0.05) is 31.2 Å². The Balaban J connectivity index is 0.00000240. The Morgan fingerprint density at radius 1 is 1.17 bits per heavy atom. The fourth-order valence-corrected chi connectivity index (χ4v) is 3.78. The van der Waals surface area contributed by atoms with Crippen LogP contribution in [0.5, 0.6) is 0 Å². The van der Waals surface area contributed by atoms with Crippen molar-refractivity contribution in [3.05, 3.63) is 81.4 Å². The highest BCUT2D eigenvalue weighted by Crippen LogP contribution is 2.26. The number of pyridine rings is 1. The zero-order valence-electron chi connectivity index (χ0n) is 16.1. The van der Waals surface area contributed by atoms with Gasteiger partial charge in [0.25, 0.3) is 5.91 Å². The molecule has 0 radical (unpaired) electrons. The summed E-state index contributed by atoms with van der Waals surface area (Å²) in [5, 5.41) is 3.89. The number of H-pyrrole nitrogens is 1. The van der Waals surface area contributed by atoms with Gasteiger partial charge in [0.15, 0.2) is 0 Å². The second-order valence-corrected chi connectivity index (χ2v) is 7.05. The summed E-state index contributed by atoms with van der Waals surface area (Å²) in [6.07, 6.45) is 0.960. The minimum absolute atomic E-state index is 0. The van der Waals surface area contributed by atoms with Crippen molar-refractivity contribution < 1.29 is 9.18 Å². The number of hydrogen-bond acceptors (Lipinski definition) is 3. The maximum atomic E-state index is 13.6. The number of rotatable bonds is 3. The molecule has 1 saturated heterocycles. The molecule has 1 aliphatic rings. The number of aryl methyl sites for hydroxylation is 1. The summed E-state index contributed by atoms with van der Waals surface area (Å²) in [7, 11) is 0. The molecule has 1 fully saturated rings. The highest BCUT2D eigenvalue weighted by atomic mass is 35.5. The van der Waals surface area contributed by atoms with Gasteiger partial charge < -0.3 is 15.2 Å². The van der Waals surface area contributed by atoms with E-state index in [2.05, 4.69) is 41.5 Å². The zero-order chi connectivity index (χ0) is 19.7. The van der Waals surface area contributed by atoms with Gasteiger partial charge in [0.1, 0.15) is 5.82 Å². The number of piperazine rings is 1. The van der Waals surface area contributed by atoms with Gasteiger partial charge in [-0.2, -0.15) is 0 Å². The van der Waals surface area contributed by atoms with E-state index < -0.39 is 11.4 Å². The third-order valence-corrected chi connectivity index (χ3v) is 5.31. The average Bonchev–Trinajstić information content (AvgIpc) is 2.72. The first-order valence-electron chi connectivity index (χ1n) is 9.50. The van der Waals surface area contributed by atoms with Gasteiger partial charge in [0.2, 0.25) is 5.56 Å². The molecule has 2 heterocycles. The molecule has 2 aromatic carbocycles. The second kappa shape index (κ2) is 8.76. The maximum Gasteiger partial charge on any atom is 0.255 e. The smallest absolute Gasteiger partial charge is 0.255 e. The fourth-order valence-electron chi connectivity index (χ4n) is 3.78. The van der Waals surface area contributed by atoms with Crippen LogP contribution in [0.15, 0.2) is 53.3 Å². The molecule has 3 aromatic rings. The molecule has 1 amide bonds. The zero-order valence-corrected chi connectivity index (χ0v) is 16.9. The molecule has 0 aliphatic carbocycles. The molecule has 4 rings (SSSR count). The highest BCUT2D eigenvalue weighted by molar-refractivity contribution is 6.06. The summed E-state index contributed by atoms with van der Waals surface area (Å²) in [5.74, 6) is -0.669. The van der Waals surface area contributed by atoms with Gasteiger partial charge in [-0.3, -0.25) is 9.59 Å². The topological polar surface area (TPSA) is 65.2 Å². The van der Waals surface area contributed by atoms with E-state index in [9.17, 15) is 14.0 Å². The summed E-state index contributed by atoms with van der Waals surface area (Å²) in [6, 6.07) is 13.5. The van der Waals surface area contributed by atoms with Crippen LogP contribution >= 0.6 is 12.4 Å². The van der Waals surface area contributed by atoms with Crippen molar-refractivity contribution in [3.63, 3.8) is 0 Å². The minimum atomic E-state index is -0.455. The van der Waals surface area contributed by atoms with E-state index >= 15 is 0 Å². The van der Waals surface area contributed by atoms with Crippen molar-refractivity contribution in [2.75, 3.05) is 19.6 Å². The van der Waals surface area contributed by atoms with Gasteiger partial charge in [0.05, 0.1) is 17.1 Å². The quantitative estimate of drug-likeness (QED) is 0.688. The second-order valence-electron chi connectivity index (χ2n) is 7.05. The molecule has 1 atom stereocenters. The summed E-state index contributed by atoms with van der Waals surface area (Å²) >= 11 is 0. The highest BCUT2D eigenvalue weighted by Gasteiger charge is 2.29. The Morgan fingerprint density at radius 3 is 2.66 bits per heavy atom. The average molecular weight is 416 g/mol. The summed E-state index contributed by atoms with van der Waals surface area (Å²) in [4.78, 5) is 29.9. The molecule has 2 N–H and O–H groups in total. The predicted octanol–water partition coefficient (Wildman–Crippen LogP) is 3.44. The van der Waals surface area contributed by atoms with Gasteiger partial charge in [0, 0.05) is 31.1 Å². The van der Waals surface area contributed by atoms with Crippen molar-refractivity contribution >= 4 is 29.2 Å². The molecule has 1 aliphatic heterocycles. The third kappa shape index (κ3) is 4.18. The lowest BCUT2D eigenvalue weighted by molar-refractivity contribution is 0.0636. The Morgan fingerprint density at radius 2 is 1.93 bits per heavy atom. The number of benzene rings is 2. The molecule has 1 aromatic heterocycles. The number of hydrogen-bond donors (Lipinski definition) is 2. The molecule has 0 bridgehead atoms. The number of aromatic nitrogens is 1. The molecule has 152 valence electrons. The Hall–Kier alpha value is -2.70. The molecule has 0 spiro atoms. The minimum Gasteiger partial charge on any atom is -0.329 e. The van der Waals surface area contributed by atoms with Crippen LogP contribution in [0.2, 0.25) is 0 Å². The number of carbonyl (C=O) groups excluding carboxylic acids is 1. The van der Waals surface area contributed by atoms with Crippen LogP contribution < -0.4 is 10.9 Å². The molecular formula is C22H23ClFN3O2. The van der Waals surface area contributed by atoms with Gasteiger partial charge >= 0.3 is 0 Å². The van der Waals surface area contributed by atoms with E-state index in [0.717, 1.165) is 12.0 Å². The first kappa shape index (κ1) is 21.0. The normalized spacial score (nSPS) is 16.5. The molecule has 5 nitrogen and oxygen atoms in total. The van der Waals surface area contributed by atoms with E-state index in [0.29, 0.717) is 36.1 Å². The molecule has 7 heteroatoms. The van der Waals surface area contributed by atoms with Crippen molar-refractivity contribution in [2.45, 2.75) is 19.4 Å². The van der Waals surface area contributed by atoms with Gasteiger partial charge in [-0.05, 0) is 35.7 Å². The predicted molar refractivity (Wildman–Crippen MR) is 114 cm³/mol. The Kier molecular flexibility index (Phi) is 6.35. The summed E-state index contributed by atoms with van der Waals surface area (Å²) in [6.45, 7) is 3.97.